The minimum atomic E-state index is -1.06. The van der Waals surface area contributed by atoms with Gasteiger partial charge in [-0.15, -0.1) is 0 Å². The SMILES string of the molecule is COC(=O)c1ccc(/C=C(\C)C(=O)O)n1-c1ccc(F)cc1. The Bertz CT molecular complexity index is 744. The topological polar surface area (TPSA) is 68.5 Å². The zero-order chi connectivity index (χ0) is 16.3. The van der Waals surface area contributed by atoms with E-state index in [1.165, 1.54) is 55.0 Å². The zero-order valence-corrected chi connectivity index (χ0v) is 12.0. The molecule has 0 unspecified atom stereocenters. The third-order valence-corrected chi connectivity index (χ3v) is 3.09. The van der Waals surface area contributed by atoms with E-state index in [9.17, 15) is 14.0 Å². The molecule has 0 fully saturated rings. The highest BCUT2D eigenvalue weighted by atomic mass is 19.1. The lowest BCUT2D eigenvalue weighted by Gasteiger charge is -2.11. The number of hydrogen-bond donors (Lipinski definition) is 1. The fourth-order valence-electron chi connectivity index (χ4n) is 1.99. The molecule has 0 spiro atoms. The summed E-state index contributed by atoms with van der Waals surface area (Å²) in [5.41, 5.74) is 1.33. The van der Waals surface area contributed by atoms with Crippen molar-refractivity contribution in [2.24, 2.45) is 0 Å². The van der Waals surface area contributed by atoms with Gasteiger partial charge >= 0.3 is 11.9 Å². The summed E-state index contributed by atoms with van der Waals surface area (Å²) in [5.74, 6) is -2.04. The number of rotatable bonds is 4. The van der Waals surface area contributed by atoms with Gasteiger partial charge in [0, 0.05) is 17.0 Å². The molecule has 0 aliphatic rings. The molecule has 1 aromatic carbocycles. The van der Waals surface area contributed by atoms with Gasteiger partial charge in [-0.25, -0.2) is 14.0 Å². The number of carbonyl (C=O) groups excluding carboxylic acids is 1. The van der Waals surface area contributed by atoms with Gasteiger partial charge in [-0.2, -0.15) is 0 Å². The highest BCUT2D eigenvalue weighted by Gasteiger charge is 2.16. The van der Waals surface area contributed by atoms with Gasteiger partial charge in [-0.1, -0.05) is 0 Å². The molecule has 0 radical (unpaired) electrons. The Morgan fingerprint density at radius 2 is 1.82 bits per heavy atom. The van der Waals surface area contributed by atoms with Crippen molar-refractivity contribution in [3.05, 3.63) is 59.2 Å². The molecule has 2 rings (SSSR count). The quantitative estimate of drug-likeness (QED) is 0.696. The fraction of sp³-hybridized carbons (Fsp3) is 0.125. The molecule has 2 aromatic rings. The minimum absolute atomic E-state index is 0.109. The summed E-state index contributed by atoms with van der Waals surface area (Å²) >= 11 is 0. The molecule has 6 heteroatoms. The third kappa shape index (κ3) is 3.06. The predicted octanol–water partition coefficient (Wildman–Crippen LogP) is 2.89. The van der Waals surface area contributed by atoms with Gasteiger partial charge in [-0.3, -0.25) is 0 Å². The molecule has 1 aromatic heterocycles. The molecule has 0 saturated heterocycles. The summed E-state index contributed by atoms with van der Waals surface area (Å²) in [6.07, 6.45) is 1.43. The average Bonchev–Trinajstić information content (AvgIpc) is 2.90. The van der Waals surface area contributed by atoms with Gasteiger partial charge in [0.1, 0.15) is 11.5 Å². The summed E-state index contributed by atoms with van der Waals surface area (Å²) in [7, 11) is 1.25. The number of carbonyl (C=O) groups is 2. The second-order valence-corrected chi connectivity index (χ2v) is 4.58. The number of ether oxygens (including phenoxy) is 1. The van der Waals surface area contributed by atoms with Crippen molar-refractivity contribution in [2.45, 2.75) is 6.92 Å². The van der Waals surface area contributed by atoms with Crippen molar-refractivity contribution in [2.75, 3.05) is 7.11 Å². The Labute approximate surface area is 126 Å². The Hall–Kier alpha value is -2.89. The number of carboxylic acid groups (broad SMARTS) is 1. The Kier molecular flexibility index (Phi) is 4.41. The van der Waals surface area contributed by atoms with Crippen molar-refractivity contribution in [3.8, 4) is 5.69 Å². The number of hydrogen-bond acceptors (Lipinski definition) is 3. The summed E-state index contributed by atoms with van der Waals surface area (Å²) in [6.45, 7) is 1.45. The van der Waals surface area contributed by atoms with Crippen LogP contribution in [0.2, 0.25) is 0 Å². The number of halogens is 1. The zero-order valence-electron chi connectivity index (χ0n) is 12.0. The molecule has 0 amide bonds. The molecule has 0 aliphatic heterocycles. The van der Waals surface area contributed by atoms with Gasteiger partial charge in [-0.05, 0) is 49.4 Å². The maximum Gasteiger partial charge on any atom is 0.355 e. The maximum atomic E-state index is 13.1. The predicted molar refractivity (Wildman–Crippen MR) is 78.4 cm³/mol. The van der Waals surface area contributed by atoms with E-state index >= 15 is 0 Å². The highest BCUT2D eigenvalue weighted by molar-refractivity contribution is 5.93. The number of methoxy groups -OCH3 is 1. The van der Waals surface area contributed by atoms with E-state index in [0.29, 0.717) is 11.4 Å². The van der Waals surface area contributed by atoms with E-state index in [1.54, 1.807) is 6.07 Å². The Morgan fingerprint density at radius 3 is 2.36 bits per heavy atom. The summed E-state index contributed by atoms with van der Waals surface area (Å²) in [5, 5.41) is 8.98. The van der Waals surface area contributed by atoms with E-state index in [-0.39, 0.29) is 11.3 Å². The summed E-state index contributed by atoms with van der Waals surface area (Å²) in [4.78, 5) is 22.8. The molecular weight excluding hydrogens is 289 g/mol. The van der Waals surface area contributed by atoms with Crippen LogP contribution in [0.15, 0.2) is 42.0 Å². The van der Waals surface area contributed by atoms with Crippen LogP contribution in [0.1, 0.15) is 23.1 Å². The van der Waals surface area contributed by atoms with E-state index in [1.807, 2.05) is 0 Å². The second kappa shape index (κ2) is 6.26. The average molecular weight is 303 g/mol. The van der Waals surface area contributed by atoms with Crippen molar-refractivity contribution in [1.82, 2.24) is 4.57 Å². The van der Waals surface area contributed by atoms with E-state index in [2.05, 4.69) is 0 Å². The molecule has 1 N–H and O–H groups in total. The van der Waals surface area contributed by atoms with Crippen LogP contribution in [0, 0.1) is 5.82 Å². The van der Waals surface area contributed by atoms with Crippen LogP contribution >= 0.6 is 0 Å². The molecule has 1 heterocycles. The number of carboxylic acids is 1. The first-order valence-electron chi connectivity index (χ1n) is 6.41. The number of nitrogens with zero attached hydrogens (tertiary/aromatic N) is 1. The van der Waals surface area contributed by atoms with Crippen LogP contribution < -0.4 is 0 Å². The first kappa shape index (κ1) is 15.5. The lowest BCUT2D eigenvalue weighted by Crippen LogP contribution is -2.10. The van der Waals surface area contributed by atoms with Crippen molar-refractivity contribution in [3.63, 3.8) is 0 Å². The van der Waals surface area contributed by atoms with E-state index in [0.717, 1.165) is 0 Å². The monoisotopic (exact) mass is 303 g/mol. The third-order valence-electron chi connectivity index (χ3n) is 3.09. The molecule has 114 valence electrons. The van der Waals surface area contributed by atoms with Crippen molar-refractivity contribution in [1.29, 1.82) is 0 Å². The minimum Gasteiger partial charge on any atom is -0.478 e. The molecule has 0 aliphatic carbocycles. The van der Waals surface area contributed by atoms with Gasteiger partial charge in [0.15, 0.2) is 0 Å². The van der Waals surface area contributed by atoms with E-state index < -0.39 is 17.8 Å². The number of esters is 1. The lowest BCUT2D eigenvalue weighted by atomic mass is 10.2. The smallest absolute Gasteiger partial charge is 0.355 e. The van der Waals surface area contributed by atoms with Crippen molar-refractivity contribution >= 4 is 18.0 Å². The van der Waals surface area contributed by atoms with Crippen LogP contribution in [0.3, 0.4) is 0 Å². The van der Waals surface area contributed by atoms with Crippen LogP contribution in [-0.2, 0) is 9.53 Å². The normalized spacial score (nSPS) is 11.3. The first-order valence-corrected chi connectivity index (χ1v) is 6.41. The standard InChI is InChI=1S/C16H14FNO4/c1-10(15(19)20)9-13-7-8-14(16(21)22-2)18(13)12-5-3-11(17)4-6-12/h3-9H,1-2H3,(H,19,20)/b10-9+. The van der Waals surface area contributed by atoms with Gasteiger partial charge in [0.05, 0.1) is 7.11 Å². The van der Waals surface area contributed by atoms with Crippen LogP contribution in [-0.4, -0.2) is 28.7 Å². The fourth-order valence-corrected chi connectivity index (χ4v) is 1.99. The number of aromatic nitrogens is 1. The van der Waals surface area contributed by atoms with Gasteiger partial charge < -0.3 is 14.4 Å². The lowest BCUT2D eigenvalue weighted by molar-refractivity contribution is -0.132. The summed E-state index contributed by atoms with van der Waals surface area (Å²) in [6, 6.07) is 8.63. The molecule has 0 bridgehead atoms. The molecule has 22 heavy (non-hydrogen) atoms. The highest BCUT2D eigenvalue weighted by Crippen LogP contribution is 2.21. The molecule has 5 nitrogen and oxygen atoms in total. The van der Waals surface area contributed by atoms with Crippen LogP contribution in [0.4, 0.5) is 4.39 Å². The van der Waals surface area contributed by atoms with Crippen LogP contribution in [0.5, 0.6) is 0 Å². The second-order valence-electron chi connectivity index (χ2n) is 4.58. The molecule has 0 atom stereocenters. The molecular formula is C16H14FNO4. The maximum absolute atomic E-state index is 13.1. The van der Waals surface area contributed by atoms with Crippen molar-refractivity contribution < 1.29 is 23.8 Å². The number of aliphatic carboxylic acids is 1. The van der Waals surface area contributed by atoms with Gasteiger partial charge in [0.2, 0.25) is 0 Å². The largest absolute Gasteiger partial charge is 0.478 e. The first-order chi connectivity index (χ1) is 10.4. The number of benzene rings is 1. The molecule has 0 saturated carbocycles. The van der Waals surface area contributed by atoms with E-state index in [4.69, 9.17) is 9.84 Å². The Balaban J connectivity index is 2.63. The Morgan fingerprint density at radius 1 is 1.18 bits per heavy atom. The van der Waals surface area contributed by atoms with Crippen LogP contribution in [0.25, 0.3) is 11.8 Å². The summed E-state index contributed by atoms with van der Waals surface area (Å²) < 4.78 is 19.3. The van der Waals surface area contributed by atoms with Gasteiger partial charge in [0.25, 0.3) is 0 Å².